The third-order valence-corrected chi connectivity index (χ3v) is 2.48. The van der Waals surface area contributed by atoms with Gasteiger partial charge in [0.25, 0.3) is 0 Å². The molecule has 0 saturated carbocycles. The van der Waals surface area contributed by atoms with Crippen LogP contribution in [0.2, 0.25) is 0 Å². The van der Waals surface area contributed by atoms with Gasteiger partial charge in [0, 0.05) is 26.6 Å². The Morgan fingerprint density at radius 1 is 1.71 bits per heavy atom. The van der Waals surface area contributed by atoms with Crippen molar-refractivity contribution >= 4 is 5.69 Å². The molecule has 0 radical (unpaired) electrons. The SMILES string of the molecule is CN1CCc2nc(C(O)CN)ncc21. The number of hydrogen-bond donors (Lipinski definition) is 2. The van der Waals surface area contributed by atoms with Crippen LogP contribution in [0.5, 0.6) is 0 Å². The second kappa shape index (κ2) is 3.51. The van der Waals surface area contributed by atoms with Crippen LogP contribution in [0.3, 0.4) is 0 Å². The lowest BCUT2D eigenvalue weighted by atomic mass is 10.3. The van der Waals surface area contributed by atoms with Gasteiger partial charge in [-0.2, -0.15) is 0 Å². The van der Waals surface area contributed by atoms with E-state index in [0.717, 1.165) is 24.3 Å². The molecular weight excluding hydrogens is 180 g/mol. The van der Waals surface area contributed by atoms with Crippen LogP contribution in [0, 0.1) is 0 Å². The zero-order chi connectivity index (χ0) is 10.1. The molecule has 1 aromatic heterocycles. The van der Waals surface area contributed by atoms with Crippen LogP contribution in [-0.2, 0) is 6.42 Å². The molecule has 1 atom stereocenters. The van der Waals surface area contributed by atoms with E-state index in [1.807, 2.05) is 7.05 Å². The number of aliphatic hydroxyl groups excluding tert-OH is 1. The number of aliphatic hydroxyl groups is 1. The number of nitrogens with two attached hydrogens (primary N) is 1. The fourth-order valence-corrected chi connectivity index (χ4v) is 1.59. The van der Waals surface area contributed by atoms with Gasteiger partial charge in [0.05, 0.1) is 17.6 Å². The Morgan fingerprint density at radius 3 is 3.21 bits per heavy atom. The molecule has 1 aliphatic heterocycles. The molecule has 2 rings (SSSR count). The number of likely N-dealkylation sites (N-methyl/N-ethyl adjacent to an activating group) is 1. The highest BCUT2D eigenvalue weighted by molar-refractivity contribution is 5.52. The summed E-state index contributed by atoms with van der Waals surface area (Å²) in [5, 5.41) is 9.46. The normalized spacial score (nSPS) is 16.9. The number of nitrogens with zero attached hydrogens (tertiary/aromatic N) is 3. The van der Waals surface area contributed by atoms with E-state index in [9.17, 15) is 5.11 Å². The molecule has 1 unspecified atom stereocenters. The van der Waals surface area contributed by atoms with Gasteiger partial charge in [-0.3, -0.25) is 0 Å². The standard InChI is InChI=1S/C9H14N4O/c1-13-3-2-6-7(13)5-11-9(12-6)8(14)4-10/h5,8,14H,2-4,10H2,1H3. The summed E-state index contributed by atoms with van der Waals surface area (Å²) in [6.45, 7) is 1.13. The summed E-state index contributed by atoms with van der Waals surface area (Å²) < 4.78 is 0. The lowest BCUT2D eigenvalue weighted by Crippen LogP contribution is -2.16. The lowest BCUT2D eigenvalue weighted by molar-refractivity contribution is 0.176. The zero-order valence-corrected chi connectivity index (χ0v) is 8.14. The molecule has 5 heteroatoms. The summed E-state index contributed by atoms with van der Waals surface area (Å²) in [7, 11) is 2.01. The zero-order valence-electron chi connectivity index (χ0n) is 8.14. The van der Waals surface area contributed by atoms with Gasteiger partial charge in [0.15, 0.2) is 5.82 Å². The third-order valence-electron chi connectivity index (χ3n) is 2.48. The third kappa shape index (κ3) is 1.44. The van der Waals surface area contributed by atoms with Gasteiger partial charge in [-0.1, -0.05) is 0 Å². The van der Waals surface area contributed by atoms with Gasteiger partial charge in [-0.05, 0) is 0 Å². The summed E-state index contributed by atoms with van der Waals surface area (Å²) in [5.41, 5.74) is 7.39. The highest BCUT2D eigenvalue weighted by Crippen LogP contribution is 2.24. The van der Waals surface area contributed by atoms with Crippen molar-refractivity contribution in [3.05, 3.63) is 17.7 Å². The van der Waals surface area contributed by atoms with E-state index < -0.39 is 6.10 Å². The van der Waals surface area contributed by atoms with Gasteiger partial charge in [0.1, 0.15) is 6.10 Å². The van der Waals surface area contributed by atoms with Crippen molar-refractivity contribution in [3.8, 4) is 0 Å². The Labute approximate surface area is 82.6 Å². The average Bonchev–Trinajstić information content (AvgIpc) is 2.59. The Morgan fingerprint density at radius 2 is 2.50 bits per heavy atom. The van der Waals surface area contributed by atoms with Crippen LogP contribution in [0.1, 0.15) is 17.6 Å². The molecule has 0 fully saturated rings. The van der Waals surface area contributed by atoms with Crippen molar-refractivity contribution in [1.82, 2.24) is 9.97 Å². The Hall–Kier alpha value is -1.20. The maximum atomic E-state index is 9.46. The van der Waals surface area contributed by atoms with E-state index in [1.165, 1.54) is 0 Å². The molecule has 0 saturated heterocycles. The van der Waals surface area contributed by atoms with Crippen molar-refractivity contribution in [2.45, 2.75) is 12.5 Å². The Bertz CT molecular complexity index is 342. The number of anilines is 1. The quantitative estimate of drug-likeness (QED) is 0.661. The molecule has 2 heterocycles. The molecule has 5 nitrogen and oxygen atoms in total. The highest BCUT2D eigenvalue weighted by atomic mass is 16.3. The molecule has 14 heavy (non-hydrogen) atoms. The number of fused-ring (bicyclic) bond motifs is 1. The fraction of sp³-hybridized carbons (Fsp3) is 0.556. The topological polar surface area (TPSA) is 75.3 Å². The number of rotatable bonds is 2. The summed E-state index contributed by atoms with van der Waals surface area (Å²) in [6.07, 6.45) is 1.92. The van der Waals surface area contributed by atoms with Gasteiger partial charge < -0.3 is 15.7 Å². The lowest BCUT2D eigenvalue weighted by Gasteiger charge is -2.11. The first-order valence-electron chi connectivity index (χ1n) is 4.67. The Kier molecular flexibility index (Phi) is 2.35. The van der Waals surface area contributed by atoms with Crippen LogP contribution < -0.4 is 10.6 Å². The monoisotopic (exact) mass is 194 g/mol. The van der Waals surface area contributed by atoms with Crippen molar-refractivity contribution in [2.75, 3.05) is 25.0 Å². The molecule has 0 aromatic carbocycles. The van der Waals surface area contributed by atoms with Crippen LogP contribution >= 0.6 is 0 Å². The largest absolute Gasteiger partial charge is 0.384 e. The first-order chi connectivity index (χ1) is 6.72. The van der Waals surface area contributed by atoms with Crippen LogP contribution in [0.25, 0.3) is 0 Å². The smallest absolute Gasteiger partial charge is 0.158 e. The summed E-state index contributed by atoms with van der Waals surface area (Å²) in [4.78, 5) is 10.5. The van der Waals surface area contributed by atoms with Crippen molar-refractivity contribution in [1.29, 1.82) is 0 Å². The van der Waals surface area contributed by atoms with E-state index in [4.69, 9.17) is 5.73 Å². The van der Waals surface area contributed by atoms with Crippen molar-refractivity contribution < 1.29 is 5.11 Å². The maximum absolute atomic E-state index is 9.46. The molecule has 1 aliphatic rings. The molecule has 3 N–H and O–H groups in total. The predicted octanol–water partition coefficient (Wildman–Crippen LogP) is -0.539. The van der Waals surface area contributed by atoms with Crippen molar-refractivity contribution in [3.63, 3.8) is 0 Å². The summed E-state index contributed by atoms with van der Waals surface area (Å²) in [5.74, 6) is 0.432. The van der Waals surface area contributed by atoms with Gasteiger partial charge in [-0.15, -0.1) is 0 Å². The number of hydrogen-bond acceptors (Lipinski definition) is 5. The molecular formula is C9H14N4O. The molecule has 0 amide bonds. The van der Waals surface area contributed by atoms with E-state index in [0.29, 0.717) is 5.82 Å². The maximum Gasteiger partial charge on any atom is 0.158 e. The van der Waals surface area contributed by atoms with E-state index in [-0.39, 0.29) is 6.54 Å². The van der Waals surface area contributed by atoms with Crippen LogP contribution in [-0.4, -0.2) is 35.2 Å². The van der Waals surface area contributed by atoms with Gasteiger partial charge >= 0.3 is 0 Å². The minimum absolute atomic E-state index is 0.161. The minimum atomic E-state index is -0.744. The first-order valence-corrected chi connectivity index (χ1v) is 4.67. The number of aromatic nitrogens is 2. The molecule has 0 spiro atoms. The minimum Gasteiger partial charge on any atom is -0.384 e. The first kappa shape index (κ1) is 9.36. The average molecular weight is 194 g/mol. The fourth-order valence-electron chi connectivity index (χ4n) is 1.59. The molecule has 0 aliphatic carbocycles. The van der Waals surface area contributed by atoms with E-state index in [2.05, 4.69) is 14.9 Å². The van der Waals surface area contributed by atoms with Crippen LogP contribution in [0.15, 0.2) is 6.20 Å². The predicted molar refractivity (Wildman–Crippen MR) is 53.0 cm³/mol. The highest BCUT2D eigenvalue weighted by Gasteiger charge is 2.19. The molecule has 76 valence electrons. The second-order valence-electron chi connectivity index (χ2n) is 3.48. The molecule has 1 aromatic rings. The van der Waals surface area contributed by atoms with E-state index >= 15 is 0 Å². The van der Waals surface area contributed by atoms with E-state index in [1.54, 1.807) is 6.20 Å². The Balaban J connectivity index is 2.32. The second-order valence-corrected chi connectivity index (χ2v) is 3.48. The van der Waals surface area contributed by atoms with Crippen molar-refractivity contribution in [2.24, 2.45) is 5.73 Å². The summed E-state index contributed by atoms with van der Waals surface area (Å²) in [6, 6.07) is 0. The van der Waals surface area contributed by atoms with Crippen LogP contribution in [0.4, 0.5) is 5.69 Å². The molecule has 0 bridgehead atoms. The summed E-state index contributed by atoms with van der Waals surface area (Å²) >= 11 is 0. The van der Waals surface area contributed by atoms with Gasteiger partial charge in [-0.25, -0.2) is 9.97 Å². The van der Waals surface area contributed by atoms with Gasteiger partial charge in [0.2, 0.25) is 0 Å².